The van der Waals surface area contributed by atoms with Crippen LogP contribution in [0.2, 0.25) is 0 Å². The van der Waals surface area contributed by atoms with Crippen LogP contribution in [-0.4, -0.2) is 13.6 Å². The Balaban J connectivity index is 1.74. The van der Waals surface area contributed by atoms with Gasteiger partial charge in [0.25, 0.3) is 0 Å². The van der Waals surface area contributed by atoms with Crippen molar-refractivity contribution in [2.45, 2.75) is 32.1 Å². The summed E-state index contributed by atoms with van der Waals surface area (Å²) >= 11 is 0. The van der Waals surface area contributed by atoms with Gasteiger partial charge in [0.05, 0.1) is 0 Å². The van der Waals surface area contributed by atoms with Crippen molar-refractivity contribution in [3.63, 3.8) is 0 Å². The van der Waals surface area contributed by atoms with Gasteiger partial charge in [-0.2, -0.15) is 0 Å². The number of hydrogen-bond donors (Lipinski definition) is 1. The van der Waals surface area contributed by atoms with E-state index in [1.807, 2.05) is 0 Å². The number of nitrogens with one attached hydrogen (secondary N) is 1. The van der Waals surface area contributed by atoms with Crippen molar-refractivity contribution in [2.75, 3.05) is 13.6 Å². The standard InChI is InChI=1S/C11H19N/c1-12-7-11(10-2-3-10)5-8-4-9(8)6-11/h8-10,12H,2-7H2,1H3. The lowest BCUT2D eigenvalue weighted by molar-refractivity contribution is 0.215. The molecule has 2 unspecified atom stereocenters. The molecule has 1 N–H and O–H groups in total. The van der Waals surface area contributed by atoms with E-state index in [9.17, 15) is 0 Å². The van der Waals surface area contributed by atoms with E-state index in [0.29, 0.717) is 0 Å². The SMILES string of the molecule is CNCC1(C2CC2)CC2CC2C1. The van der Waals surface area contributed by atoms with Crippen LogP contribution in [0.5, 0.6) is 0 Å². The van der Waals surface area contributed by atoms with Gasteiger partial charge < -0.3 is 5.32 Å². The van der Waals surface area contributed by atoms with E-state index in [2.05, 4.69) is 12.4 Å². The first-order chi connectivity index (χ1) is 5.84. The van der Waals surface area contributed by atoms with Gasteiger partial charge in [-0.25, -0.2) is 0 Å². The fraction of sp³-hybridized carbons (Fsp3) is 1.00. The van der Waals surface area contributed by atoms with Gasteiger partial charge in [0.15, 0.2) is 0 Å². The fourth-order valence-electron chi connectivity index (χ4n) is 3.61. The molecule has 3 rings (SSSR count). The van der Waals surface area contributed by atoms with Gasteiger partial charge in [0.2, 0.25) is 0 Å². The highest BCUT2D eigenvalue weighted by molar-refractivity contribution is 5.09. The lowest BCUT2D eigenvalue weighted by Crippen LogP contribution is -2.33. The van der Waals surface area contributed by atoms with Gasteiger partial charge in [0.1, 0.15) is 0 Å². The molecular formula is C11H19N. The van der Waals surface area contributed by atoms with Crippen LogP contribution < -0.4 is 5.32 Å². The maximum absolute atomic E-state index is 3.41. The van der Waals surface area contributed by atoms with E-state index in [0.717, 1.165) is 23.2 Å². The normalized spacial score (nSPS) is 50.8. The van der Waals surface area contributed by atoms with E-state index < -0.39 is 0 Å². The Hall–Kier alpha value is -0.0400. The van der Waals surface area contributed by atoms with Crippen molar-refractivity contribution in [2.24, 2.45) is 23.2 Å². The second-order valence-corrected chi connectivity index (χ2v) is 5.33. The Morgan fingerprint density at radius 2 is 1.92 bits per heavy atom. The molecule has 0 aromatic heterocycles. The van der Waals surface area contributed by atoms with Crippen molar-refractivity contribution in [3.8, 4) is 0 Å². The minimum atomic E-state index is 0.766. The van der Waals surface area contributed by atoms with E-state index >= 15 is 0 Å². The molecular weight excluding hydrogens is 146 g/mol. The van der Waals surface area contributed by atoms with Crippen molar-refractivity contribution < 1.29 is 0 Å². The summed E-state index contributed by atoms with van der Waals surface area (Å²) in [6.45, 7) is 1.30. The summed E-state index contributed by atoms with van der Waals surface area (Å²) in [6.07, 6.45) is 7.74. The molecule has 0 radical (unpaired) electrons. The monoisotopic (exact) mass is 165 g/mol. The van der Waals surface area contributed by atoms with Gasteiger partial charge in [-0.05, 0) is 62.3 Å². The average Bonchev–Trinajstić information content (AvgIpc) is 2.91. The van der Waals surface area contributed by atoms with E-state index in [-0.39, 0.29) is 0 Å². The quantitative estimate of drug-likeness (QED) is 0.674. The summed E-state index contributed by atoms with van der Waals surface area (Å²) in [6, 6.07) is 0. The number of rotatable bonds is 3. The molecule has 12 heavy (non-hydrogen) atoms. The lowest BCUT2D eigenvalue weighted by Gasteiger charge is -2.30. The Morgan fingerprint density at radius 3 is 2.42 bits per heavy atom. The van der Waals surface area contributed by atoms with E-state index in [1.54, 1.807) is 19.3 Å². The van der Waals surface area contributed by atoms with Gasteiger partial charge in [-0.1, -0.05) is 0 Å². The third kappa shape index (κ3) is 0.953. The maximum atomic E-state index is 3.41. The van der Waals surface area contributed by atoms with Crippen molar-refractivity contribution in [1.29, 1.82) is 0 Å². The summed E-state index contributed by atoms with van der Waals surface area (Å²) < 4.78 is 0. The molecule has 0 heterocycles. The molecule has 0 bridgehead atoms. The molecule has 0 aliphatic heterocycles. The van der Waals surface area contributed by atoms with Crippen LogP contribution in [0.1, 0.15) is 32.1 Å². The highest BCUT2D eigenvalue weighted by Crippen LogP contribution is 2.66. The Bertz CT molecular complexity index is 185. The summed E-state index contributed by atoms with van der Waals surface area (Å²) in [4.78, 5) is 0. The Morgan fingerprint density at radius 1 is 1.25 bits per heavy atom. The summed E-state index contributed by atoms with van der Waals surface area (Å²) in [5.74, 6) is 3.41. The summed E-state index contributed by atoms with van der Waals surface area (Å²) in [5.41, 5.74) is 0.766. The predicted molar refractivity (Wildman–Crippen MR) is 49.9 cm³/mol. The van der Waals surface area contributed by atoms with Crippen LogP contribution in [0, 0.1) is 23.2 Å². The third-order valence-electron chi connectivity index (χ3n) is 4.38. The van der Waals surface area contributed by atoms with Crippen LogP contribution in [0.25, 0.3) is 0 Å². The van der Waals surface area contributed by atoms with Crippen LogP contribution >= 0.6 is 0 Å². The molecule has 1 nitrogen and oxygen atoms in total. The maximum Gasteiger partial charge on any atom is 0.000767 e. The summed E-state index contributed by atoms with van der Waals surface area (Å²) in [5, 5.41) is 3.41. The summed E-state index contributed by atoms with van der Waals surface area (Å²) in [7, 11) is 2.12. The zero-order chi connectivity index (χ0) is 8.18. The molecule has 3 fully saturated rings. The number of fused-ring (bicyclic) bond motifs is 1. The fourth-order valence-corrected chi connectivity index (χ4v) is 3.61. The molecule has 0 aromatic rings. The second-order valence-electron chi connectivity index (χ2n) is 5.33. The highest BCUT2D eigenvalue weighted by atomic mass is 14.9. The van der Waals surface area contributed by atoms with Crippen LogP contribution in [0.4, 0.5) is 0 Å². The molecule has 0 saturated heterocycles. The average molecular weight is 165 g/mol. The van der Waals surface area contributed by atoms with Crippen molar-refractivity contribution >= 4 is 0 Å². The molecule has 0 spiro atoms. The molecule has 1 heteroatoms. The van der Waals surface area contributed by atoms with Crippen LogP contribution in [0.3, 0.4) is 0 Å². The van der Waals surface area contributed by atoms with E-state index in [4.69, 9.17) is 0 Å². The molecule has 2 atom stereocenters. The van der Waals surface area contributed by atoms with Crippen LogP contribution in [-0.2, 0) is 0 Å². The molecule has 68 valence electrons. The van der Waals surface area contributed by atoms with Crippen LogP contribution in [0.15, 0.2) is 0 Å². The van der Waals surface area contributed by atoms with E-state index in [1.165, 1.54) is 19.4 Å². The van der Waals surface area contributed by atoms with Crippen molar-refractivity contribution in [3.05, 3.63) is 0 Å². The third-order valence-corrected chi connectivity index (χ3v) is 4.38. The van der Waals surface area contributed by atoms with Gasteiger partial charge in [-0.15, -0.1) is 0 Å². The molecule has 3 aliphatic carbocycles. The molecule has 0 aromatic carbocycles. The molecule has 3 aliphatic rings. The zero-order valence-electron chi connectivity index (χ0n) is 7.97. The zero-order valence-corrected chi connectivity index (χ0v) is 7.97. The van der Waals surface area contributed by atoms with Crippen molar-refractivity contribution in [1.82, 2.24) is 5.32 Å². The smallest absolute Gasteiger partial charge is 0.000767 e. The van der Waals surface area contributed by atoms with Gasteiger partial charge in [-0.3, -0.25) is 0 Å². The second kappa shape index (κ2) is 2.25. The molecule has 0 amide bonds. The Kier molecular flexibility index (Phi) is 1.39. The minimum absolute atomic E-state index is 0.766. The first-order valence-corrected chi connectivity index (χ1v) is 5.49. The number of hydrogen-bond acceptors (Lipinski definition) is 1. The topological polar surface area (TPSA) is 12.0 Å². The first kappa shape index (κ1) is 7.37. The van der Waals surface area contributed by atoms with Gasteiger partial charge in [0, 0.05) is 6.54 Å². The first-order valence-electron chi connectivity index (χ1n) is 5.49. The highest BCUT2D eigenvalue weighted by Gasteiger charge is 2.58. The predicted octanol–water partition coefficient (Wildman–Crippen LogP) is 2.03. The molecule has 3 saturated carbocycles. The Labute approximate surface area is 74.9 Å². The largest absolute Gasteiger partial charge is 0.319 e. The lowest BCUT2D eigenvalue weighted by atomic mass is 9.78. The van der Waals surface area contributed by atoms with Gasteiger partial charge >= 0.3 is 0 Å². The minimum Gasteiger partial charge on any atom is -0.319 e.